The van der Waals surface area contributed by atoms with Gasteiger partial charge in [0.15, 0.2) is 0 Å². The van der Waals surface area contributed by atoms with Crippen molar-refractivity contribution < 1.29 is 5.11 Å². The fourth-order valence-electron chi connectivity index (χ4n) is 1.09. The van der Waals surface area contributed by atoms with Crippen molar-refractivity contribution >= 4 is 0 Å². The molecule has 61 valence electrons. The molecule has 0 saturated carbocycles. The van der Waals surface area contributed by atoms with E-state index in [-0.39, 0.29) is 11.7 Å². The highest BCUT2D eigenvalue weighted by molar-refractivity contribution is 5.49. The lowest BCUT2D eigenvalue weighted by Crippen LogP contribution is -1.92. The Morgan fingerprint density at radius 3 is 2.67 bits per heavy atom. The summed E-state index contributed by atoms with van der Waals surface area (Å²) >= 11 is 0. The van der Waals surface area contributed by atoms with Crippen molar-refractivity contribution in [1.29, 1.82) is 5.26 Å². The van der Waals surface area contributed by atoms with Gasteiger partial charge >= 0.3 is 0 Å². The molecule has 1 radical (unpaired) electrons. The number of nitriles is 1. The third-order valence-corrected chi connectivity index (χ3v) is 1.72. The smallest absolute Gasteiger partial charge is 0.133 e. The molecule has 0 spiro atoms. The number of hydrogen-bond donors (Lipinski definition) is 1. The zero-order chi connectivity index (χ0) is 9.14. The molecule has 0 bridgehead atoms. The SMILES string of the molecule is [CH2]C(C)c1cccc(O)c1C#N. The third kappa shape index (κ3) is 1.40. The maximum atomic E-state index is 9.29. The van der Waals surface area contributed by atoms with Crippen LogP contribution in [0.2, 0.25) is 0 Å². The molecule has 0 heterocycles. The topological polar surface area (TPSA) is 44.0 Å². The highest BCUT2D eigenvalue weighted by Crippen LogP contribution is 2.25. The Hall–Kier alpha value is -1.49. The summed E-state index contributed by atoms with van der Waals surface area (Å²) in [6, 6.07) is 6.98. The van der Waals surface area contributed by atoms with Crippen molar-refractivity contribution in [2.24, 2.45) is 0 Å². The minimum absolute atomic E-state index is 0.0201. The van der Waals surface area contributed by atoms with Gasteiger partial charge < -0.3 is 5.11 Å². The molecular weight excluding hydrogens is 150 g/mol. The van der Waals surface area contributed by atoms with Crippen LogP contribution in [0.25, 0.3) is 0 Å². The van der Waals surface area contributed by atoms with E-state index in [0.717, 1.165) is 5.56 Å². The second-order valence-corrected chi connectivity index (χ2v) is 2.75. The second-order valence-electron chi connectivity index (χ2n) is 2.75. The van der Waals surface area contributed by atoms with Crippen molar-refractivity contribution in [3.05, 3.63) is 36.2 Å². The Bertz CT molecular complexity index is 323. The van der Waals surface area contributed by atoms with Crippen molar-refractivity contribution in [3.63, 3.8) is 0 Å². The van der Waals surface area contributed by atoms with E-state index in [9.17, 15) is 5.11 Å². The zero-order valence-corrected chi connectivity index (χ0v) is 6.91. The van der Waals surface area contributed by atoms with Crippen LogP contribution in [0.3, 0.4) is 0 Å². The maximum Gasteiger partial charge on any atom is 0.133 e. The summed E-state index contributed by atoms with van der Waals surface area (Å²) in [4.78, 5) is 0. The largest absolute Gasteiger partial charge is 0.507 e. The van der Waals surface area contributed by atoms with Gasteiger partial charge in [-0.2, -0.15) is 5.26 Å². The van der Waals surface area contributed by atoms with Gasteiger partial charge in [0.25, 0.3) is 0 Å². The Labute approximate surface area is 72.1 Å². The first-order valence-corrected chi connectivity index (χ1v) is 3.72. The number of phenolic OH excluding ortho intramolecular Hbond substituents is 1. The molecule has 1 unspecified atom stereocenters. The summed E-state index contributed by atoms with van der Waals surface area (Å²) in [6.45, 7) is 5.68. The van der Waals surface area contributed by atoms with Crippen molar-refractivity contribution in [2.45, 2.75) is 12.8 Å². The number of phenols is 1. The van der Waals surface area contributed by atoms with Gasteiger partial charge in [-0.1, -0.05) is 19.1 Å². The molecule has 0 saturated heterocycles. The lowest BCUT2D eigenvalue weighted by Gasteiger charge is -2.07. The molecule has 2 nitrogen and oxygen atoms in total. The second kappa shape index (κ2) is 3.27. The fraction of sp³-hybridized carbons (Fsp3) is 0.200. The van der Waals surface area contributed by atoms with E-state index in [1.54, 1.807) is 12.1 Å². The van der Waals surface area contributed by atoms with Gasteiger partial charge in [-0.05, 0) is 24.5 Å². The molecule has 2 heteroatoms. The Kier molecular flexibility index (Phi) is 2.35. The number of nitrogens with zero attached hydrogens (tertiary/aromatic N) is 1. The summed E-state index contributed by atoms with van der Waals surface area (Å²) in [7, 11) is 0. The van der Waals surface area contributed by atoms with E-state index in [4.69, 9.17) is 5.26 Å². The van der Waals surface area contributed by atoms with Crippen molar-refractivity contribution in [1.82, 2.24) is 0 Å². The van der Waals surface area contributed by atoms with Crippen LogP contribution in [0.1, 0.15) is 24.0 Å². The predicted octanol–water partition coefficient (Wildman–Crippen LogP) is 2.20. The van der Waals surface area contributed by atoms with Gasteiger partial charge in [0.1, 0.15) is 11.8 Å². The molecule has 1 aromatic carbocycles. The fourth-order valence-corrected chi connectivity index (χ4v) is 1.09. The predicted molar refractivity (Wildman–Crippen MR) is 46.6 cm³/mol. The Morgan fingerprint density at radius 1 is 1.58 bits per heavy atom. The van der Waals surface area contributed by atoms with Crippen LogP contribution in [0.15, 0.2) is 18.2 Å². The van der Waals surface area contributed by atoms with Gasteiger partial charge in [-0.15, -0.1) is 0 Å². The van der Waals surface area contributed by atoms with Crippen LogP contribution in [0, 0.1) is 18.3 Å². The number of rotatable bonds is 1. The van der Waals surface area contributed by atoms with Crippen LogP contribution >= 0.6 is 0 Å². The molecule has 1 N–H and O–H groups in total. The quantitative estimate of drug-likeness (QED) is 0.684. The van der Waals surface area contributed by atoms with Crippen LogP contribution in [0.4, 0.5) is 0 Å². The molecular formula is C10H10NO. The summed E-state index contributed by atoms with van der Waals surface area (Å²) < 4.78 is 0. The minimum atomic E-state index is 0.0201. The van der Waals surface area contributed by atoms with Crippen LogP contribution in [0.5, 0.6) is 5.75 Å². The van der Waals surface area contributed by atoms with E-state index in [0.29, 0.717) is 5.56 Å². The van der Waals surface area contributed by atoms with Crippen LogP contribution in [-0.2, 0) is 0 Å². The lowest BCUT2D eigenvalue weighted by atomic mass is 9.97. The molecule has 0 amide bonds. The van der Waals surface area contributed by atoms with Gasteiger partial charge in [-0.3, -0.25) is 0 Å². The van der Waals surface area contributed by atoms with Gasteiger partial charge in [0.2, 0.25) is 0 Å². The van der Waals surface area contributed by atoms with E-state index in [1.807, 2.05) is 13.0 Å². The Balaban J connectivity index is 3.30. The highest BCUT2D eigenvalue weighted by atomic mass is 16.3. The highest BCUT2D eigenvalue weighted by Gasteiger charge is 2.09. The van der Waals surface area contributed by atoms with E-state index in [2.05, 4.69) is 6.92 Å². The Morgan fingerprint density at radius 2 is 2.25 bits per heavy atom. The summed E-state index contributed by atoms with van der Waals surface area (Å²) in [6.07, 6.45) is 0. The first-order chi connectivity index (χ1) is 5.66. The molecule has 0 aliphatic heterocycles. The average Bonchev–Trinajstić information content (AvgIpc) is 2.03. The first kappa shape index (κ1) is 8.61. The normalized spacial score (nSPS) is 9.83. The van der Waals surface area contributed by atoms with E-state index >= 15 is 0 Å². The first-order valence-electron chi connectivity index (χ1n) is 3.72. The molecule has 0 aromatic heterocycles. The minimum Gasteiger partial charge on any atom is -0.507 e. The molecule has 0 aliphatic rings. The monoisotopic (exact) mass is 160 g/mol. The zero-order valence-electron chi connectivity index (χ0n) is 6.91. The van der Waals surface area contributed by atoms with Gasteiger partial charge in [-0.25, -0.2) is 0 Å². The maximum absolute atomic E-state index is 9.29. The number of aromatic hydroxyl groups is 1. The van der Waals surface area contributed by atoms with Crippen LogP contribution in [-0.4, -0.2) is 5.11 Å². The standard InChI is InChI=1S/C10H10NO/c1-7(2)8-4-3-5-10(12)9(8)6-11/h3-5,7,12H,1H2,2H3. The van der Waals surface area contributed by atoms with Crippen LogP contribution < -0.4 is 0 Å². The van der Waals surface area contributed by atoms with Gasteiger partial charge in [0.05, 0.1) is 5.56 Å². The number of benzene rings is 1. The van der Waals surface area contributed by atoms with Crippen molar-refractivity contribution in [2.75, 3.05) is 0 Å². The van der Waals surface area contributed by atoms with E-state index < -0.39 is 0 Å². The summed E-state index contributed by atoms with van der Waals surface area (Å²) in [5.41, 5.74) is 1.12. The lowest BCUT2D eigenvalue weighted by molar-refractivity contribution is 0.472. The molecule has 1 rings (SSSR count). The van der Waals surface area contributed by atoms with E-state index in [1.165, 1.54) is 6.07 Å². The molecule has 12 heavy (non-hydrogen) atoms. The average molecular weight is 160 g/mol. The third-order valence-electron chi connectivity index (χ3n) is 1.72. The van der Waals surface area contributed by atoms with Gasteiger partial charge in [0, 0.05) is 0 Å². The molecule has 1 atom stereocenters. The number of hydrogen-bond acceptors (Lipinski definition) is 2. The molecule has 0 fully saturated rings. The summed E-state index contributed by atoms with van der Waals surface area (Å²) in [5, 5.41) is 18.0. The summed E-state index contributed by atoms with van der Waals surface area (Å²) in [5.74, 6) is 0.0530. The molecule has 1 aromatic rings. The van der Waals surface area contributed by atoms with Crippen molar-refractivity contribution in [3.8, 4) is 11.8 Å². The molecule has 0 aliphatic carbocycles.